The van der Waals surface area contributed by atoms with E-state index in [2.05, 4.69) is 17.5 Å². The molecule has 0 aliphatic rings. The molecule has 0 radical (unpaired) electrons. The lowest BCUT2D eigenvalue weighted by atomic mass is 10.1. The average molecular weight is 389 g/mol. The number of aldehydes is 1. The molecular weight excluding hydrogens is 370 g/mol. The second-order valence-corrected chi connectivity index (χ2v) is 7.53. The summed E-state index contributed by atoms with van der Waals surface area (Å²) in [4.78, 5) is 23.2. The van der Waals surface area contributed by atoms with Crippen LogP contribution in [0.5, 0.6) is 11.6 Å². The molecule has 2 aromatic carbocycles. The highest BCUT2D eigenvalue weighted by molar-refractivity contribution is 7.17. The first-order valence-electron chi connectivity index (χ1n) is 8.85. The number of carbonyl (C=O) groups is 1. The number of carbonyl (C=O) groups excluding carboxylic acids is 1. The van der Waals surface area contributed by atoms with Crippen LogP contribution in [-0.4, -0.2) is 35.2 Å². The number of benzene rings is 2. The third-order valence-electron chi connectivity index (χ3n) is 4.22. The van der Waals surface area contributed by atoms with Crippen molar-refractivity contribution < 1.29 is 9.53 Å². The maximum atomic E-state index is 10.9. The van der Waals surface area contributed by atoms with E-state index in [4.69, 9.17) is 14.7 Å². The zero-order valence-corrected chi connectivity index (χ0v) is 16.4. The highest BCUT2D eigenvalue weighted by atomic mass is 32.1. The van der Waals surface area contributed by atoms with E-state index in [1.54, 1.807) is 35.6 Å². The quantitative estimate of drug-likeness (QED) is 0.433. The van der Waals surface area contributed by atoms with Gasteiger partial charge in [-0.25, -0.2) is 4.98 Å². The molecule has 0 aliphatic carbocycles. The number of ether oxygens (including phenoxy) is 1. The molecule has 2 aromatic heterocycles. The van der Waals surface area contributed by atoms with Gasteiger partial charge in [0.1, 0.15) is 22.7 Å². The molecule has 0 fully saturated rings. The van der Waals surface area contributed by atoms with Gasteiger partial charge in [0, 0.05) is 16.5 Å². The smallest absolute Gasteiger partial charge is 0.232 e. The summed E-state index contributed by atoms with van der Waals surface area (Å²) in [6.07, 6.45) is 0.814. The molecule has 0 aliphatic heterocycles. The van der Waals surface area contributed by atoms with Crippen molar-refractivity contribution in [3.8, 4) is 22.8 Å². The lowest BCUT2D eigenvalue weighted by molar-refractivity contribution is 0.112. The van der Waals surface area contributed by atoms with Crippen molar-refractivity contribution in [1.29, 1.82) is 0 Å². The van der Waals surface area contributed by atoms with Crippen molar-refractivity contribution in [2.75, 3.05) is 14.1 Å². The number of hydrogen-bond donors (Lipinski definition) is 0. The lowest BCUT2D eigenvalue weighted by Gasteiger charge is -2.12. The maximum Gasteiger partial charge on any atom is 0.232 e. The Labute approximate surface area is 167 Å². The number of fused-ring (bicyclic) bond motifs is 1. The molecule has 4 rings (SSSR count). The molecule has 2 heterocycles. The zero-order valence-electron chi connectivity index (χ0n) is 15.6. The van der Waals surface area contributed by atoms with Gasteiger partial charge in [0.2, 0.25) is 5.88 Å². The van der Waals surface area contributed by atoms with E-state index in [0.717, 1.165) is 27.6 Å². The minimum Gasteiger partial charge on any atom is -0.438 e. The normalized spacial score (nSPS) is 11.1. The molecular formula is C22H19N3O2S. The van der Waals surface area contributed by atoms with Crippen LogP contribution in [-0.2, 0) is 6.54 Å². The van der Waals surface area contributed by atoms with E-state index < -0.39 is 0 Å². The summed E-state index contributed by atoms with van der Waals surface area (Å²) in [5.41, 5.74) is 2.75. The molecule has 0 saturated heterocycles. The van der Waals surface area contributed by atoms with Gasteiger partial charge in [0.05, 0.1) is 11.9 Å². The molecule has 4 aromatic rings. The van der Waals surface area contributed by atoms with Gasteiger partial charge in [-0.1, -0.05) is 30.3 Å². The number of rotatable bonds is 6. The lowest BCUT2D eigenvalue weighted by Crippen LogP contribution is -2.13. The first kappa shape index (κ1) is 18.3. The van der Waals surface area contributed by atoms with E-state index in [0.29, 0.717) is 29.6 Å². The van der Waals surface area contributed by atoms with Gasteiger partial charge in [-0.3, -0.25) is 4.79 Å². The van der Waals surface area contributed by atoms with Gasteiger partial charge in [-0.15, -0.1) is 11.3 Å². The summed E-state index contributed by atoms with van der Waals surface area (Å²) >= 11 is 1.58. The van der Waals surface area contributed by atoms with Gasteiger partial charge in [-0.2, -0.15) is 4.98 Å². The SMILES string of the molecule is CN(C)Cc1nc(Oc2ccc(C=O)cc2)c2c(-c3ccccc3)csc2n1. The van der Waals surface area contributed by atoms with Crippen LogP contribution in [0.15, 0.2) is 60.0 Å². The summed E-state index contributed by atoms with van der Waals surface area (Å²) in [5.74, 6) is 1.87. The van der Waals surface area contributed by atoms with Crippen LogP contribution in [0.2, 0.25) is 0 Å². The summed E-state index contributed by atoms with van der Waals surface area (Å²) in [6, 6.07) is 17.2. The summed E-state index contributed by atoms with van der Waals surface area (Å²) < 4.78 is 6.15. The van der Waals surface area contributed by atoms with Crippen molar-refractivity contribution in [3.05, 3.63) is 71.4 Å². The second kappa shape index (κ2) is 7.88. The fraction of sp³-hybridized carbons (Fsp3) is 0.136. The Morgan fingerprint density at radius 1 is 1.04 bits per heavy atom. The first-order chi connectivity index (χ1) is 13.6. The number of aromatic nitrogens is 2. The standard InChI is InChI=1S/C22H19N3O2S/c1-25(2)12-19-23-21(27-17-10-8-15(13-26)9-11-17)20-18(14-28-22(20)24-19)16-6-4-3-5-7-16/h3-11,13-14H,12H2,1-2H3. The molecule has 0 atom stereocenters. The summed E-state index contributed by atoms with van der Waals surface area (Å²) in [5, 5.41) is 2.99. The second-order valence-electron chi connectivity index (χ2n) is 6.67. The van der Waals surface area contributed by atoms with Crippen LogP contribution >= 0.6 is 11.3 Å². The zero-order chi connectivity index (χ0) is 19.5. The predicted octanol–water partition coefficient (Wildman–Crippen LogP) is 5.02. The highest BCUT2D eigenvalue weighted by Gasteiger charge is 2.17. The van der Waals surface area contributed by atoms with Crippen LogP contribution in [0.4, 0.5) is 0 Å². The first-order valence-corrected chi connectivity index (χ1v) is 9.73. The van der Waals surface area contributed by atoms with Crippen molar-refractivity contribution in [2.45, 2.75) is 6.54 Å². The van der Waals surface area contributed by atoms with Crippen molar-refractivity contribution in [1.82, 2.24) is 14.9 Å². The average Bonchev–Trinajstić information content (AvgIpc) is 3.13. The number of hydrogen-bond acceptors (Lipinski definition) is 6. The van der Waals surface area contributed by atoms with Crippen LogP contribution in [0.25, 0.3) is 21.3 Å². The minimum absolute atomic E-state index is 0.529. The van der Waals surface area contributed by atoms with Crippen molar-refractivity contribution in [2.24, 2.45) is 0 Å². The van der Waals surface area contributed by atoms with E-state index in [9.17, 15) is 4.79 Å². The monoisotopic (exact) mass is 389 g/mol. The third kappa shape index (κ3) is 3.78. The van der Waals surface area contributed by atoms with Crippen LogP contribution in [0.3, 0.4) is 0 Å². The molecule has 140 valence electrons. The Balaban J connectivity index is 1.84. The van der Waals surface area contributed by atoms with Crippen LogP contribution < -0.4 is 4.74 Å². The number of nitrogens with zero attached hydrogens (tertiary/aromatic N) is 3. The Kier molecular flexibility index (Phi) is 5.14. The van der Waals surface area contributed by atoms with E-state index in [1.807, 2.05) is 37.2 Å². The Morgan fingerprint density at radius 2 is 1.79 bits per heavy atom. The Morgan fingerprint density at radius 3 is 2.46 bits per heavy atom. The van der Waals surface area contributed by atoms with Crippen LogP contribution in [0, 0.1) is 0 Å². The molecule has 0 bridgehead atoms. The minimum atomic E-state index is 0.529. The fourth-order valence-electron chi connectivity index (χ4n) is 2.94. The summed E-state index contributed by atoms with van der Waals surface area (Å²) in [7, 11) is 3.96. The topological polar surface area (TPSA) is 55.3 Å². The molecule has 0 amide bonds. The predicted molar refractivity (Wildman–Crippen MR) is 112 cm³/mol. The van der Waals surface area contributed by atoms with E-state index in [-0.39, 0.29) is 0 Å². The van der Waals surface area contributed by atoms with Gasteiger partial charge >= 0.3 is 0 Å². The largest absolute Gasteiger partial charge is 0.438 e. The molecule has 28 heavy (non-hydrogen) atoms. The molecule has 5 nitrogen and oxygen atoms in total. The van der Waals surface area contributed by atoms with Gasteiger partial charge in [-0.05, 0) is 43.9 Å². The molecule has 0 saturated carbocycles. The van der Waals surface area contributed by atoms with Gasteiger partial charge in [0.25, 0.3) is 0 Å². The Bertz CT molecular complexity index is 1110. The van der Waals surface area contributed by atoms with Gasteiger partial charge < -0.3 is 9.64 Å². The third-order valence-corrected chi connectivity index (χ3v) is 5.09. The summed E-state index contributed by atoms with van der Waals surface area (Å²) in [6.45, 7) is 0.620. The maximum absolute atomic E-state index is 10.9. The molecule has 6 heteroatoms. The highest BCUT2D eigenvalue weighted by Crippen LogP contribution is 2.39. The van der Waals surface area contributed by atoms with Gasteiger partial charge in [0.15, 0.2) is 0 Å². The van der Waals surface area contributed by atoms with Crippen LogP contribution in [0.1, 0.15) is 16.2 Å². The van der Waals surface area contributed by atoms with E-state index >= 15 is 0 Å². The molecule has 0 spiro atoms. The molecule has 0 unspecified atom stereocenters. The fourth-order valence-corrected chi connectivity index (χ4v) is 3.89. The molecule has 0 N–H and O–H groups in total. The van der Waals surface area contributed by atoms with Crippen molar-refractivity contribution >= 4 is 27.8 Å². The Hall–Kier alpha value is -3.09. The van der Waals surface area contributed by atoms with E-state index in [1.165, 1.54) is 0 Å². The number of thiophene rings is 1. The van der Waals surface area contributed by atoms with Crippen molar-refractivity contribution in [3.63, 3.8) is 0 Å².